The fourth-order valence-corrected chi connectivity index (χ4v) is 4.23. The van der Waals surface area contributed by atoms with Crippen LogP contribution in [0.2, 0.25) is 0 Å². The van der Waals surface area contributed by atoms with Gasteiger partial charge in [0, 0.05) is 34.1 Å². The van der Waals surface area contributed by atoms with E-state index in [4.69, 9.17) is 10.5 Å². The molecule has 13 nitrogen and oxygen atoms in total. The van der Waals surface area contributed by atoms with Crippen molar-refractivity contribution in [3.8, 4) is 11.5 Å². The highest BCUT2D eigenvalue weighted by Crippen LogP contribution is 2.27. The van der Waals surface area contributed by atoms with Crippen LogP contribution in [-0.2, 0) is 0 Å². The van der Waals surface area contributed by atoms with Gasteiger partial charge in [0.1, 0.15) is 17.8 Å². The van der Waals surface area contributed by atoms with Gasteiger partial charge < -0.3 is 37.1 Å². The lowest BCUT2D eigenvalue weighted by Crippen LogP contribution is -2.08. The predicted molar refractivity (Wildman–Crippen MR) is 166 cm³/mol. The average Bonchev–Trinajstić information content (AvgIpc) is 2.99. The topological polar surface area (TPSA) is 173 Å². The van der Waals surface area contributed by atoms with Gasteiger partial charge in [0.25, 0.3) is 0 Å². The normalized spacial score (nSPS) is 11.6. The van der Waals surface area contributed by atoms with Crippen molar-refractivity contribution in [3.05, 3.63) is 103 Å². The molecule has 0 spiro atoms. The Kier molecular flexibility index (Phi) is 6.62. The summed E-state index contributed by atoms with van der Waals surface area (Å²) >= 11 is 0. The van der Waals surface area contributed by atoms with Crippen LogP contribution in [-0.4, -0.2) is 29.9 Å². The van der Waals surface area contributed by atoms with E-state index in [1.54, 1.807) is 12.1 Å². The van der Waals surface area contributed by atoms with Crippen LogP contribution in [0.4, 0.5) is 63.9 Å². The molecular weight excluding hydrogens is 544 g/mol. The Morgan fingerprint density at radius 1 is 0.535 bits per heavy atom. The summed E-state index contributed by atoms with van der Waals surface area (Å²) in [5.74, 6) is 3.18. The molecule has 0 aliphatic carbocycles. The van der Waals surface area contributed by atoms with E-state index < -0.39 is 0 Å². The fraction of sp³-hybridized carbons (Fsp3) is 0. The van der Waals surface area contributed by atoms with Crippen molar-refractivity contribution >= 4 is 63.9 Å². The van der Waals surface area contributed by atoms with Gasteiger partial charge in [0.2, 0.25) is 29.7 Å². The number of hydrogen-bond donors (Lipinski definition) is 6. The van der Waals surface area contributed by atoms with Crippen LogP contribution in [0.1, 0.15) is 0 Å². The number of rotatable bonds is 4. The SMILES string of the molecule is Nc1ccc(Oc2ccc(Nc3nc4nc(n3)Nc3cccc(c3)Nc3ncnc(n3)Nc3cccc(c3)N4)cc2)cc1. The van der Waals surface area contributed by atoms with Gasteiger partial charge in [-0.25, -0.2) is 9.97 Å². The minimum Gasteiger partial charge on any atom is -0.457 e. The van der Waals surface area contributed by atoms with Crippen molar-refractivity contribution in [2.24, 2.45) is 0 Å². The summed E-state index contributed by atoms with van der Waals surface area (Å²) in [5.41, 5.74) is 10.2. The second-order valence-electron chi connectivity index (χ2n) is 9.42. The summed E-state index contributed by atoms with van der Waals surface area (Å²) in [4.78, 5) is 26.8. The zero-order valence-corrected chi connectivity index (χ0v) is 22.5. The first kappa shape index (κ1) is 25.5. The van der Waals surface area contributed by atoms with Crippen molar-refractivity contribution in [2.45, 2.75) is 0 Å². The molecule has 0 saturated carbocycles. The lowest BCUT2D eigenvalue weighted by Gasteiger charge is -2.14. The van der Waals surface area contributed by atoms with Gasteiger partial charge in [-0.1, -0.05) is 12.1 Å². The molecule has 13 heteroatoms. The zero-order chi connectivity index (χ0) is 29.0. The predicted octanol–water partition coefficient (Wildman–Crippen LogP) is 6.46. The molecule has 7 N–H and O–H groups in total. The number of nitrogen functional groups attached to an aromatic ring is 1. The molecule has 0 unspecified atom stereocenters. The number of fused-ring (bicyclic) bond motifs is 8. The Morgan fingerprint density at radius 2 is 1.00 bits per heavy atom. The second-order valence-corrected chi connectivity index (χ2v) is 9.42. The van der Waals surface area contributed by atoms with Crippen LogP contribution in [0.15, 0.2) is 103 Å². The van der Waals surface area contributed by atoms with E-state index in [9.17, 15) is 0 Å². The van der Waals surface area contributed by atoms with Gasteiger partial charge in [0.15, 0.2) is 0 Å². The number of ether oxygens (including phenoxy) is 1. The van der Waals surface area contributed by atoms with E-state index >= 15 is 0 Å². The molecule has 0 atom stereocenters. The smallest absolute Gasteiger partial charge is 0.233 e. The van der Waals surface area contributed by atoms with E-state index in [1.807, 2.05) is 84.9 Å². The number of nitrogens with two attached hydrogens (primary N) is 1. The third kappa shape index (κ3) is 6.30. The number of anilines is 11. The first-order valence-corrected chi connectivity index (χ1v) is 13.2. The zero-order valence-electron chi connectivity index (χ0n) is 22.5. The molecule has 3 heterocycles. The third-order valence-electron chi connectivity index (χ3n) is 6.18. The lowest BCUT2D eigenvalue weighted by atomic mass is 10.2. The molecule has 2 aromatic heterocycles. The average molecular weight is 569 g/mol. The highest BCUT2D eigenvalue weighted by atomic mass is 16.5. The summed E-state index contributed by atoms with van der Waals surface area (Å²) in [6, 6.07) is 29.9. The Bertz CT molecular complexity index is 1810. The number of aromatic nitrogens is 6. The van der Waals surface area contributed by atoms with Crippen LogP contribution >= 0.6 is 0 Å². The maximum Gasteiger partial charge on any atom is 0.233 e. The highest BCUT2D eigenvalue weighted by Gasteiger charge is 2.11. The summed E-state index contributed by atoms with van der Waals surface area (Å²) in [6.07, 6.45) is 1.45. The van der Waals surface area contributed by atoms with E-state index in [1.165, 1.54) is 6.33 Å². The molecule has 7 rings (SSSR count). The van der Waals surface area contributed by atoms with Crippen LogP contribution in [0.5, 0.6) is 11.5 Å². The molecule has 1 aliphatic heterocycles. The molecule has 8 bridgehead atoms. The monoisotopic (exact) mass is 568 g/mol. The van der Waals surface area contributed by atoms with E-state index in [2.05, 4.69) is 56.5 Å². The maximum absolute atomic E-state index is 5.91. The standard InChI is InChI=1S/C30H24N12O/c31-18-7-11-24(12-8-18)43-25-13-9-19(10-14-25)34-28-40-29-37-22-5-1-3-20(15-22)35-26-32-17-33-27(39-26)36-21-4-2-6-23(16-21)38-30(41-28)42-29/h1-17H,31H2,(H2,32,33,35,36,39)(H3,34,37,38,40,41,42). The Morgan fingerprint density at radius 3 is 1.53 bits per heavy atom. The van der Waals surface area contributed by atoms with Gasteiger partial charge in [-0.3, -0.25) is 0 Å². The van der Waals surface area contributed by atoms with E-state index in [0.717, 1.165) is 28.4 Å². The van der Waals surface area contributed by atoms with Crippen LogP contribution in [0.25, 0.3) is 0 Å². The second kappa shape index (κ2) is 11.2. The van der Waals surface area contributed by atoms with E-state index in [-0.39, 0.29) is 0 Å². The Labute approximate surface area is 245 Å². The quantitative estimate of drug-likeness (QED) is 0.128. The van der Waals surface area contributed by atoms with Crippen LogP contribution < -0.4 is 37.1 Å². The molecule has 210 valence electrons. The van der Waals surface area contributed by atoms with Gasteiger partial charge in [-0.05, 0) is 84.9 Å². The number of benzene rings is 4. The Balaban J connectivity index is 1.19. The van der Waals surface area contributed by atoms with Gasteiger partial charge >= 0.3 is 0 Å². The molecule has 0 radical (unpaired) electrons. The first-order valence-electron chi connectivity index (χ1n) is 13.2. The molecule has 43 heavy (non-hydrogen) atoms. The van der Waals surface area contributed by atoms with Crippen molar-refractivity contribution in [2.75, 3.05) is 32.3 Å². The first-order chi connectivity index (χ1) is 21.1. The van der Waals surface area contributed by atoms with Crippen LogP contribution in [0, 0.1) is 0 Å². The van der Waals surface area contributed by atoms with E-state index in [0.29, 0.717) is 46.9 Å². The molecule has 0 saturated heterocycles. The van der Waals surface area contributed by atoms with Crippen molar-refractivity contribution in [1.82, 2.24) is 29.9 Å². The summed E-state index contributed by atoms with van der Waals surface area (Å²) < 4.78 is 5.91. The summed E-state index contributed by atoms with van der Waals surface area (Å²) in [5, 5.41) is 16.2. The summed E-state index contributed by atoms with van der Waals surface area (Å²) in [7, 11) is 0. The third-order valence-corrected chi connectivity index (χ3v) is 6.18. The maximum atomic E-state index is 5.91. The molecule has 0 fully saturated rings. The highest BCUT2D eigenvalue weighted by molar-refractivity contribution is 5.69. The minimum absolute atomic E-state index is 0.337. The number of nitrogens with one attached hydrogen (secondary N) is 5. The molecule has 6 aromatic rings. The van der Waals surface area contributed by atoms with Crippen LogP contribution in [0.3, 0.4) is 0 Å². The van der Waals surface area contributed by atoms with Crippen molar-refractivity contribution in [3.63, 3.8) is 0 Å². The fourth-order valence-electron chi connectivity index (χ4n) is 4.23. The minimum atomic E-state index is 0.337. The van der Waals surface area contributed by atoms with Gasteiger partial charge in [-0.15, -0.1) is 0 Å². The molecule has 0 amide bonds. The molecule has 1 aliphatic rings. The molecular formula is C30H24N12O. The van der Waals surface area contributed by atoms with Gasteiger partial charge in [-0.2, -0.15) is 19.9 Å². The van der Waals surface area contributed by atoms with Crippen molar-refractivity contribution in [1.29, 1.82) is 0 Å². The number of nitrogens with zero attached hydrogens (tertiary/aromatic N) is 6. The molecule has 4 aromatic carbocycles. The summed E-state index contributed by atoms with van der Waals surface area (Å²) in [6.45, 7) is 0. The largest absolute Gasteiger partial charge is 0.457 e. The number of hydrogen-bond acceptors (Lipinski definition) is 13. The Hall–Kier alpha value is -6.50. The lowest BCUT2D eigenvalue weighted by molar-refractivity contribution is 0.483. The van der Waals surface area contributed by atoms with Crippen molar-refractivity contribution < 1.29 is 4.74 Å². The van der Waals surface area contributed by atoms with Gasteiger partial charge in [0.05, 0.1) is 0 Å².